The van der Waals surface area contributed by atoms with Crippen LogP contribution in [0.3, 0.4) is 0 Å². The summed E-state index contributed by atoms with van der Waals surface area (Å²) in [4.78, 5) is 39.0. The molecule has 0 saturated carbocycles. The fraction of sp³-hybridized carbons (Fsp3) is 0.278. The third-order valence-electron chi connectivity index (χ3n) is 4.70. The fourth-order valence-corrected chi connectivity index (χ4v) is 5.48. The average molecular weight is 387 g/mol. The first-order valence-electron chi connectivity index (χ1n) is 8.24. The summed E-state index contributed by atoms with van der Waals surface area (Å²) in [6, 6.07) is 7.68. The van der Waals surface area contributed by atoms with Crippen molar-refractivity contribution in [2.75, 3.05) is 0 Å². The molecule has 3 heterocycles. The Morgan fingerprint density at radius 2 is 1.77 bits per heavy atom. The van der Waals surface area contributed by atoms with E-state index < -0.39 is 0 Å². The maximum atomic E-state index is 12.6. The fourth-order valence-electron chi connectivity index (χ4n) is 3.25. The van der Waals surface area contributed by atoms with Gasteiger partial charge in [-0.1, -0.05) is 23.5 Å². The number of hydrogen-bond acceptors (Lipinski definition) is 5. The zero-order chi connectivity index (χ0) is 18.6. The predicted octanol–water partition coefficient (Wildman–Crippen LogP) is 2.51. The van der Waals surface area contributed by atoms with Crippen molar-refractivity contribution in [3.8, 4) is 0 Å². The second-order valence-electron chi connectivity index (χ2n) is 6.14. The monoisotopic (exact) mass is 387 g/mol. The molecule has 3 aromatic heterocycles. The van der Waals surface area contributed by atoms with Crippen LogP contribution < -0.4 is 16.1 Å². The van der Waals surface area contributed by atoms with Crippen molar-refractivity contribution in [2.24, 2.45) is 7.05 Å². The van der Waals surface area contributed by atoms with Crippen LogP contribution >= 0.6 is 22.7 Å². The molecular formula is C18H17N3O3S2. The number of thiazole rings is 1. The molecule has 0 bridgehead atoms. The van der Waals surface area contributed by atoms with E-state index in [1.54, 1.807) is 9.13 Å². The van der Waals surface area contributed by atoms with Crippen LogP contribution in [0.25, 0.3) is 20.4 Å². The Kier molecular flexibility index (Phi) is 3.96. The summed E-state index contributed by atoms with van der Waals surface area (Å²) in [7, 11) is 1.50. The van der Waals surface area contributed by atoms with Crippen molar-refractivity contribution < 1.29 is 0 Å². The SMILES string of the molecule is CCn1c(=O)n(C)c(=O)c2c(C)c(Cn3c(=O)sc4ccccc43)sc21. The lowest BCUT2D eigenvalue weighted by atomic mass is 10.2. The molecule has 0 aliphatic carbocycles. The largest absolute Gasteiger partial charge is 0.331 e. The molecule has 26 heavy (non-hydrogen) atoms. The van der Waals surface area contributed by atoms with Crippen molar-refractivity contribution in [3.63, 3.8) is 0 Å². The smallest absolute Gasteiger partial charge is 0.293 e. The van der Waals surface area contributed by atoms with Crippen LogP contribution in [0.2, 0.25) is 0 Å². The number of nitrogens with zero attached hydrogens (tertiary/aromatic N) is 3. The first-order valence-corrected chi connectivity index (χ1v) is 9.87. The van der Waals surface area contributed by atoms with E-state index in [1.807, 2.05) is 38.1 Å². The highest BCUT2D eigenvalue weighted by atomic mass is 32.1. The van der Waals surface area contributed by atoms with Gasteiger partial charge in [-0.25, -0.2) is 4.79 Å². The third kappa shape index (κ3) is 2.33. The van der Waals surface area contributed by atoms with Crippen LogP contribution in [-0.2, 0) is 20.1 Å². The van der Waals surface area contributed by atoms with E-state index in [0.29, 0.717) is 23.3 Å². The Morgan fingerprint density at radius 1 is 1.04 bits per heavy atom. The van der Waals surface area contributed by atoms with Gasteiger partial charge in [0.15, 0.2) is 0 Å². The molecule has 0 atom stereocenters. The normalized spacial score (nSPS) is 11.7. The minimum atomic E-state index is -0.309. The third-order valence-corrected chi connectivity index (χ3v) is 6.96. The zero-order valence-electron chi connectivity index (χ0n) is 14.6. The molecule has 8 heteroatoms. The lowest BCUT2D eigenvalue weighted by Crippen LogP contribution is -2.37. The topological polar surface area (TPSA) is 66.0 Å². The van der Waals surface area contributed by atoms with Gasteiger partial charge in [0.25, 0.3) is 5.56 Å². The van der Waals surface area contributed by atoms with Gasteiger partial charge in [0.2, 0.25) is 0 Å². The Bertz CT molecular complexity index is 1330. The number of rotatable bonds is 3. The van der Waals surface area contributed by atoms with Crippen molar-refractivity contribution in [2.45, 2.75) is 26.9 Å². The van der Waals surface area contributed by atoms with Gasteiger partial charge in [0.05, 0.1) is 22.1 Å². The molecule has 0 fully saturated rings. The molecule has 4 aromatic rings. The summed E-state index contributed by atoms with van der Waals surface area (Å²) in [6.45, 7) is 4.66. The highest BCUT2D eigenvalue weighted by Gasteiger charge is 2.19. The first kappa shape index (κ1) is 17.0. The Hall–Kier alpha value is -2.45. The number of fused-ring (bicyclic) bond motifs is 2. The second-order valence-corrected chi connectivity index (χ2v) is 8.22. The van der Waals surface area contributed by atoms with Crippen LogP contribution in [0.5, 0.6) is 0 Å². The minimum absolute atomic E-state index is 0.0242. The molecule has 0 aliphatic heterocycles. The van der Waals surface area contributed by atoms with Crippen LogP contribution in [0.15, 0.2) is 38.6 Å². The molecule has 0 amide bonds. The number of aryl methyl sites for hydroxylation is 2. The molecule has 0 N–H and O–H groups in total. The van der Waals surface area contributed by atoms with Gasteiger partial charge in [-0.2, -0.15) is 0 Å². The standard InChI is InChI=1S/C18H17N3O3S2/c1-4-20-16-14(15(22)19(3)17(20)23)10(2)13(25-16)9-21-11-7-5-6-8-12(11)26-18(21)24/h5-8H,4,9H2,1-3H3. The summed E-state index contributed by atoms with van der Waals surface area (Å²) in [5.74, 6) is 0. The Morgan fingerprint density at radius 3 is 2.50 bits per heavy atom. The van der Waals surface area contributed by atoms with Crippen molar-refractivity contribution in [1.29, 1.82) is 0 Å². The molecule has 1 aromatic carbocycles. The number of thiophene rings is 1. The molecule has 0 spiro atoms. The van der Waals surface area contributed by atoms with E-state index in [9.17, 15) is 14.4 Å². The van der Waals surface area contributed by atoms with Gasteiger partial charge in [-0.3, -0.25) is 23.3 Å². The summed E-state index contributed by atoms with van der Waals surface area (Å²) in [5.41, 5.74) is 1.14. The van der Waals surface area contributed by atoms with Gasteiger partial charge in [0.1, 0.15) is 4.83 Å². The van der Waals surface area contributed by atoms with Gasteiger partial charge < -0.3 is 0 Å². The van der Waals surface area contributed by atoms with Crippen LogP contribution in [0.4, 0.5) is 0 Å². The van der Waals surface area contributed by atoms with Gasteiger partial charge in [0, 0.05) is 18.5 Å². The molecule has 4 rings (SSSR count). The number of benzene rings is 1. The highest BCUT2D eigenvalue weighted by Crippen LogP contribution is 2.29. The second kappa shape index (κ2) is 6.07. The van der Waals surface area contributed by atoms with Crippen LogP contribution in [-0.4, -0.2) is 13.7 Å². The molecule has 0 aliphatic rings. The summed E-state index contributed by atoms with van der Waals surface area (Å²) in [6.07, 6.45) is 0. The lowest BCUT2D eigenvalue weighted by Gasteiger charge is -2.06. The lowest BCUT2D eigenvalue weighted by molar-refractivity contribution is 0.661. The summed E-state index contributed by atoms with van der Waals surface area (Å²) < 4.78 is 5.45. The first-order chi connectivity index (χ1) is 12.4. The maximum absolute atomic E-state index is 12.6. The number of aromatic nitrogens is 3. The molecule has 0 unspecified atom stereocenters. The van der Waals surface area contributed by atoms with Crippen molar-refractivity contribution in [1.82, 2.24) is 13.7 Å². The molecule has 0 radical (unpaired) electrons. The Balaban J connectivity index is 1.99. The number of para-hydroxylation sites is 1. The average Bonchev–Trinajstić information content (AvgIpc) is 3.11. The van der Waals surface area contributed by atoms with Crippen molar-refractivity contribution >= 4 is 43.1 Å². The summed E-state index contributed by atoms with van der Waals surface area (Å²) >= 11 is 2.64. The number of hydrogen-bond donors (Lipinski definition) is 0. The van der Waals surface area contributed by atoms with Gasteiger partial charge >= 0.3 is 10.6 Å². The van der Waals surface area contributed by atoms with E-state index >= 15 is 0 Å². The quantitative estimate of drug-likeness (QED) is 0.543. The molecule has 134 valence electrons. The van der Waals surface area contributed by atoms with Crippen molar-refractivity contribution in [3.05, 3.63) is 65.2 Å². The maximum Gasteiger partial charge on any atom is 0.331 e. The Labute approximate surface area is 156 Å². The van der Waals surface area contributed by atoms with E-state index in [-0.39, 0.29) is 16.1 Å². The van der Waals surface area contributed by atoms with Crippen LogP contribution in [0.1, 0.15) is 17.4 Å². The predicted molar refractivity (Wildman–Crippen MR) is 107 cm³/mol. The van der Waals surface area contributed by atoms with Crippen LogP contribution in [0, 0.1) is 6.92 Å². The zero-order valence-corrected chi connectivity index (χ0v) is 16.2. The van der Waals surface area contributed by atoms with E-state index in [2.05, 4.69) is 0 Å². The van der Waals surface area contributed by atoms with E-state index in [1.165, 1.54) is 29.7 Å². The van der Waals surface area contributed by atoms with Gasteiger partial charge in [-0.15, -0.1) is 11.3 Å². The highest BCUT2D eigenvalue weighted by molar-refractivity contribution is 7.19. The molecule has 0 saturated heterocycles. The molecular weight excluding hydrogens is 370 g/mol. The van der Waals surface area contributed by atoms with Gasteiger partial charge in [-0.05, 0) is 31.5 Å². The summed E-state index contributed by atoms with van der Waals surface area (Å²) in [5, 5.41) is 0.571. The van der Waals surface area contributed by atoms with E-state index in [4.69, 9.17) is 0 Å². The van der Waals surface area contributed by atoms with E-state index in [0.717, 1.165) is 25.2 Å². The molecule has 6 nitrogen and oxygen atoms in total. The minimum Gasteiger partial charge on any atom is -0.293 e.